The molecule has 0 aliphatic carbocycles. The zero-order valence-electron chi connectivity index (χ0n) is 11.2. The lowest BCUT2D eigenvalue weighted by Crippen LogP contribution is -1.94. The quantitative estimate of drug-likeness (QED) is 0.798. The minimum absolute atomic E-state index is 0.336. The van der Waals surface area contributed by atoms with Crippen LogP contribution in [0.2, 0.25) is 0 Å². The molecule has 21 heavy (non-hydrogen) atoms. The number of nitrogens with one attached hydrogen (secondary N) is 1. The maximum atomic E-state index is 13.4. The van der Waals surface area contributed by atoms with Gasteiger partial charge in [0.1, 0.15) is 17.3 Å². The Balaban J connectivity index is 2.01. The fourth-order valence-electron chi connectivity index (χ4n) is 1.91. The lowest BCUT2D eigenvalue weighted by atomic mass is 10.1. The summed E-state index contributed by atoms with van der Waals surface area (Å²) in [5.41, 5.74) is 1.13. The van der Waals surface area contributed by atoms with Crippen LogP contribution < -0.4 is 9.47 Å². The van der Waals surface area contributed by atoms with Crippen LogP contribution in [0.4, 0.5) is 4.39 Å². The number of nitrogens with zero attached hydrogens (tertiary/aromatic N) is 2. The highest BCUT2D eigenvalue weighted by atomic mass is 19.1. The zero-order chi connectivity index (χ0) is 14.7. The molecule has 1 N–H and O–H groups in total. The van der Waals surface area contributed by atoms with Crippen molar-refractivity contribution in [2.75, 3.05) is 7.11 Å². The van der Waals surface area contributed by atoms with E-state index in [1.54, 1.807) is 30.5 Å². The van der Waals surface area contributed by atoms with Gasteiger partial charge in [-0.2, -0.15) is 5.10 Å². The van der Waals surface area contributed by atoms with Crippen molar-refractivity contribution in [3.8, 4) is 28.6 Å². The van der Waals surface area contributed by atoms with Gasteiger partial charge < -0.3 is 9.47 Å². The van der Waals surface area contributed by atoms with Gasteiger partial charge in [0, 0.05) is 11.6 Å². The summed E-state index contributed by atoms with van der Waals surface area (Å²) in [6, 6.07) is 9.55. The number of aromatic amines is 1. The SMILES string of the molecule is COc1ccc(Oc2cn[nH]c2)nc1-c1cccc(F)c1. The molecule has 0 bridgehead atoms. The first-order chi connectivity index (χ1) is 10.3. The van der Waals surface area contributed by atoms with Gasteiger partial charge in [0.05, 0.1) is 19.5 Å². The van der Waals surface area contributed by atoms with Gasteiger partial charge >= 0.3 is 0 Å². The third kappa shape index (κ3) is 2.84. The molecule has 0 atom stereocenters. The summed E-state index contributed by atoms with van der Waals surface area (Å²) in [4.78, 5) is 4.37. The first kappa shape index (κ1) is 13.1. The van der Waals surface area contributed by atoms with E-state index in [9.17, 15) is 4.39 Å². The van der Waals surface area contributed by atoms with E-state index in [1.165, 1.54) is 25.4 Å². The number of ether oxygens (including phenoxy) is 2. The Hall–Kier alpha value is -2.89. The predicted molar refractivity (Wildman–Crippen MR) is 74.8 cm³/mol. The molecule has 0 saturated carbocycles. The van der Waals surface area contributed by atoms with Gasteiger partial charge in [-0.3, -0.25) is 5.10 Å². The summed E-state index contributed by atoms with van der Waals surface area (Å²) in [5, 5.41) is 6.44. The standard InChI is InChI=1S/C15H12FN3O2/c1-20-13-5-6-14(21-12-8-17-18-9-12)19-15(13)10-3-2-4-11(16)7-10/h2-9H,1H3,(H,17,18). The van der Waals surface area contributed by atoms with Crippen LogP contribution in [0.5, 0.6) is 17.4 Å². The molecular formula is C15H12FN3O2. The smallest absolute Gasteiger partial charge is 0.220 e. The number of hydrogen-bond acceptors (Lipinski definition) is 4. The van der Waals surface area contributed by atoms with Crippen molar-refractivity contribution in [2.24, 2.45) is 0 Å². The Bertz CT molecular complexity index is 744. The average molecular weight is 285 g/mol. The third-order valence-corrected chi connectivity index (χ3v) is 2.85. The summed E-state index contributed by atoms with van der Waals surface area (Å²) in [7, 11) is 1.54. The first-order valence-corrected chi connectivity index (χ1v) is 6.24. The molecule has 0 radical (unpaired) electrons. The summed E-state index contributed by atoms with van der Waals surface area (Å²) in [5.74, 6) is 1.12. The molecule has 0 fully saturated rings. The van der Waals surface area contributed by atoms with E-state index in [1.807, 2.05) is 0 Å². The molecule has 0 spiro atoms. The topological polar surface area (TPSA) is 60.0 Å². The second-order valence-electron chi connectivity index (χ2n) is 4.25. The van der Waals surface area contributed by atoms with Gasteiger partial charge in [-0.15, -0.1) is 0 Å². The maximum Gasteiger partial charge on any atom is 0.220 e. The van der Waals surface area contributed by atoms with Crippen LogP contribution >= 0.6 is 0 Å². The second-order valence-corrected chi connectivity index (χ2v) is 4.25. The number of halogens is 1. The van der Waals surface area contributed by atoms with Crippen LogP contribution in [0.25, 0.3) is 11.3 Å². The van der Waals surface area contributed by atoms with Gasteiger partial charge in [-0.05, 0) is 18.2 Å². The summed E-state index contributed by atoms with van der Waals surface area (Å²) in [6.07, 6.45) is 3.14. The van der Waals surface area contributed by atoms with Crippen LogP contribution in [-0.4, -0.2) is 22.3 Å². The Morgan fingerprint density at radius 2 is 2.10 bits per heavy atom. The largest absolute Gasteiger partial charge is 0.494 e. The van der Waals surface area contributed by atoms with Crippen molar-refractivity contribution in [2.45, 2.75) is 0 Å². The van der Waals surface area contributed by atoms with Crippen LogP contribution in [0.15, 0.2) is 48.8 Å². The number of pyridine rings is 1. The number of H-pyrrole nitrogens is 1. The summed E-state index contributed by atoms with van der Waals surface area (Å²) in [6.45, 7) is 0. The lowest BCUT2D eigenvalue weighted by Gasteiger charge is -2.10. The minimum Gasteiger partial charge on any atom is -0.494 e. The number of rotatable bonds is 4. The van der Waals surface area contributed by atoms with Crippen molar-refractivity contribution >= 4 is 0 Å². The molecule has 1 aromatic carbocycles. The molecule has 5 nitrogen and oxygen atoms in total. The Morgan fingerprint density at radius 1 is 1.19 bits per heavy atom. The number of methoxy groups -OCH3 is 1. The molecule has 0 unspecified atom stereocenters. The van der Waals surface area contributed by atoms with E-state index < -0.39 is 0 Å². The minimum atomic E-state index is -0.336. The summed E-state index contributed by atoms with van der Waals surface area (Å²) < 4.78 is 24.2. The molecule has 3 rings (SSSR count). The van der Waals surface area contributed by atoms with Crippen LogP contribution in [0.3, 0.4) is 0 Å². The number of hydrogen-bond donors (Lipinski definition) is 1. The van der Waals surface area contributed by atoms with Crippen LogP contribution in [-0.2, 0) is 0 Å². The highest BCUT2D eigenvalue weighted by Crippen LogP contribution is 2.31. The molecule has 2 heterocycles. The predicted octanol–water partition coefficient (Wildman–Crippen LogP) is 3.41. The number of benzene rings is 1. The third-order valence-electron chi connectivity index (χ3n) is 2.85. The summed E-state index contributed by atoms with van der Waals surface area (Å²) >= 11 is 0. The van der Waals surface area contributed by atoms with E-state index in [0.717, 1.165) is 0 Å². The molecular weight excluding hydrogens is 273 g/mol. The van der Waals surface area contributed by atoms with E-state index in [2.05, 4.69) is 15.2 Å². The van der Waals surface area contributed by atoms with Gasteiger partial charge in [-0.1, -0.05) is 12.1 Å². The van der Waals surface area contributed by atoms with Crippen molar-refractivity contribution in [1.82, 2.24) is 15.2 Å². The van der Waals surface area contributed by atoms with E-state index in [-0.39, 0.29) is 5.82 Å². The molecule has 0 aliphatic rings. The highest BCUT2D eigenvalue weighted by Gasteiger charge is 2.11. The van der Waals surface area contributed by atoms with Gasteiger partial charge in [0.25, 0.3) is 0 Å². The van der Waals surface area contributed by atoms with E-state index in [0.29, 0.717) is 28.6 Å². The van der Waals surface area contributed by atoms with E-state index >= 15 is 0 Å². The van der Waals surface area contributed by atoms with Gasteiger partial charge in [0.2, 0.25) is 5.88 Å². The van der Waals surface area contributed by atoms with Crippen molar-refractivity contribution in [1.29, 1.82) is 0 Å². The van der Waals surface area contributed by atoms with Crippen molar-refractivity contribution in [3.63, 3.8) is 0 Å². The first-order valence-electron chi connectivity index (χ1n) is 6.24. The van der Waals surface area contributed by atoms with Crippen molar-refractivity contribution < 1.29 is 13.9 Å². The van der Waals surface area contributed by atoms with Gasteiger partial charge in [0.15, 0.2) is 5.75 Å². The monoisotopic (exact) mass is 285 g/mol. The van der Waals surface area contributed by atoms with Gasteiger partial charge in [-0.25, -0.2) is 9.37 Å². The molecule has 106 valence electrons. The molecule has 0 amide bonds. The Labute approximate surface area is 120 Å². The van der Waals surface area contributed by atoms with Crippen molar-refractivity contribution in [3.05, 3.63) is 54.6 Å². The molecule has 0 aliphatic heterocycles. The normalized spacial score (nSPS) is 10.4. The molecule has 2 aromatic heterocycles. The highest BCUT2D eigenvalue weighted by molar-refractivity contribution is 5.67. The zero-order valence-corrected chi connectivity index (χ0v) is 11.2. The lowest BCUT2D eigenvalue weighted by molar-refractivity contribution is 0.410. The number of aromatic nitrogens is 3. The fourth-order valence-corrected chi connectivity index (χ4v) is 1.91. The van der Waals surface area contributed by atoms with Crippen LogP contribution in [0, 0.1) is 5.82 Å². The average Bonchev–Trinajstić information content (AvgIpc) is 3.00. The molecule has 3 aromatic rings. The Morgan fingerprint density at radius 3 is 2.81 bits per heavy atom. The maximum absolute atomic E-state index is 13.4. The second kappa shape index (κ2) is 5.62. The fraction of sp³-hybridized carbons (Fsp3) is 0.0667. The van der Waals surface area contributed by atoms with Crippen LogP contribution in [0.1, 0.15) is 0 Å². The molecule has 6 heteroatoms. The Kier molecular flexibility index (Phi) is 3.51. The van der Waals surface area contributed by atoms with E-state index in [4.69, 9.17) is 9.47 Å². The molecule has 0 saturated heterocycles.